The maximum atomic E-state index is 12.3. The summed E-state index contributed by atoms with van der Waals surface area (Å²) in [4.78, 5) is 33.6. The molecule has 0 saturated heterocycles. The average Bonchev–Trinajstić information content (AvgIpc) is 3.27. The van der Waals surface area contributed by atoms with Crippen LogP contribution in [0.25, 0.3) is 11.0 Å². The lowest BCUT2D eigenvalue weighted by Crippen LogP contribution is -2.16. The van der Waals surface area contributed by atoms with Gasteiger partial charge in [-0.1, -0.05) is 35.3 Å². The molecule has 0 aliphatic heterocycles. The van der Waals surface area contributed by atoms with E-state index >= 15 is 0 Å². The lowest BCUT2D eigenvalue weighted by atomic mass is 10.1. The lowest BCUT2D eigenvalue weighted by molar-refractivity contribution is -0.384. The van der Waals surface area contributed by atoms with Gasteiger partial charge >= 0.3 is 11.9 Å². The van der Waals surface area contributed by atoms with Gasteiger partial charge in [0.1, 0.15) is 12.2 Å². The Morgan fingerprint density at radius 2 is 1.78 bits per heavy atom. The molecule has 4 aromatic rings. The van der Waals surface area contributed by atoms with Gasteiger partial charge < -0.3 is 14.3 Å². The molecule has 10 nitrogen and oxygen atoms in total. The lowest BCUT2D eigenvalue weighted by Gasteiger charge is -2.11. The molecule has 1 heterocycles. The molecule has 0 spiro atoms. The molecule has 3 aromatic carbocycles. The minimum absolute atomic E-state index is 0.0705. The van der Waals surface area contributed by atoms with Crippen LogP contribution in [0.4, 0.5) is 5.69 Å². The van der Waals surface area contributed by atoms with E-state index in [1.807, 2.05) is 0 Å². The van der Waals surface area contributed by atoms with Gasteiger partial charge in [-0.05, 0) is 47.5 Å². The van der Waals surface area contributed by atoms with Crippen LogP contribution in [-0.2, 0) is 6.61 Å². The predicted molar refractivity (Wildman–Crippen MR) is 132 cm³/mol. The smallest absolute Gasteiger partial charge is 0.335 e. The SMILES string of the molecule is O=C(O)c1ccc(COc2c(Cl)cc(/C=N/NC(=O)c3cc4cc([N+](=O)[O-])ccc4o3)cc2Cl)cc1. The topological polar surface area (TPSA) is 144 Å². The van der Waals surface area contributed by atoms with E-state index in [1.165, 1.54) is 54.7 Å². The number of hydrogen-bond donors (Lipinski definition) is 2. The largest absolute Gasteiger partial charge is 0.486 e. The summed E-state index contributed by atoms with van der Waals surface area (Å²) in [7, 11) is 0. The maximum Gasteiger partial charge on any atom is 0.335 e. The Hall–Kier alpha value is -4.41. The summed E-state index contributed by atoms with van der Waals surface area (Å²) in [6.45, 7) is 0.115. The molecule has 1 aromatic heterocycles. The standard InChI is InChI=1S/C24H15Cl2N3O7/c25-18-7-14(8-19(26)22(18)35-12-13-1-3-15(4-2-13)24(31)32)11-27-28-23(30)21-10-16-9-17(29(33)34)5-6-20(16)36-21/h1-11H,12H2,(H,28,30)(H,31,32)/b27-11+. The highest BCUT2D eigenvalue weighted by molar-refractivity contribution is 6.37. The molecular formula is C24H15Cl2N3O7. The fourth-order valence-corrected chi connectivity index (χ4v) is 3.78. The van der Waals surface area contributed by atoms with Gasteiger partial charge in [0.25, 0.3) is 5.69 Å². The van der Waals surface area contributed by atoms with Gasteiger partial charge in [0.2, 0.25) is 0 Å². The summed E-state index contributed by atoms with van der Waals surface area (Å²) in [5.74, 6) is -1.51. The zero-order valence-corrected chi connectivity index (χ0v) is 19.6. The molecule has 0 atom stereocenters. The van der Waals surface area contributed by atoms with E-state index in [0.29, 0.717) is 16.5 Å². The van der Waals surface area contributed by atoms with E-state index in [1.54, 1.807) is 12.1 Å². The van der Waals surface area contributed by atoms with E-state index in [9.17, 15) is 19.7 Å². The molecular weight excluding hydrogens is 513 g/mol. The first-order valence-electron chi connectivity index (χ1n) is 10.2. The molecule has 182 valence electrons. The number of carboxylic acid groups (broad SMARTS) is 1. The predicted octanol–water partition coefficient (Wildman–Crippen LogP) is 5.69. The van der Waals surface area contributed by atoms with Crippen LogP contribution < -0.4 is 10.2 Å². The number of rotatable bonds is 8. The number of non-ortho nitro benzene ring substituents is 1. The summed E-state index contributed by atoms with van der Waals surface area (Å²) in [5, 5.41) is 24.5. The number of aromatic carboxylic acids is 1. The molecule has 12 heteroatoms. The number of furan rings is 1. The van der Waals surface area contributed by atoms with E-state index in [-0.39, 0.29) is 39.4 Å². The van der Waals surface area contributed by atoms with Gasteiger partial charge in [0, 0.05) is 17.5 Å². The molecule has 0 aliphatic carbocycles. The van der Waals surface area contributed by atoms with Crippen molar-refractivity contribution < 1.29 is 28.8 Å². The zero-order valence-electron chi connectivity index (χ0n) is 18.1. The van der Waals surface area contributed by atoms with Crippen LogP contribution in [-0.4, -0.2) is 28.1 Å². The third-order valence-electron chi connectivity index (χ3n) is 4.92. The van der Waals surface area contributed by atoms with Crippen molar-refractivity contribution in [1.29, 1.82) is 0 Å². The van der Waals surface area contributed by atoms with Crippen LogP contribution in [0.1, 0.15) is 32.0 Å². The van der Waals surface area contributed by atoms with Crippen LogP contribution in [0, 0.1) is 10.1 Å². The van der Waals surface area contributed by atoms with Crippen LogP contribution in [0.5, 0.6) is 5.75 Å². The van der Waals surface area contributed by atoms with E-state index in [4.69, 9.17) is 37.5 Å². The number of amides is 1. The number of carbonyl (C=O) groups is 2. The van der Waals surface area contributed by atoms with Gasteiger partial charge in [0.05, 0.1) is 26.7 Å². The molecule has 1 amide bonds. The monoisotopic (exact) mass is 527 g/mol. The average molecular weight is 528 g/mol. The Labute approximate surface area is 212 Å². The summed E-state index contributed by atoms with van der Waals surface area (Å²) in [5.41, 5.74) is 3.86. The fraction of sp³-hybridized carbons (Fsp3) is 0.0417. The van der Waals surface area contributed by atoms with Crippen molar-refractivity contribution >= 4 is 57.9 Å². The van der Waals surface area contributed by atoms with Gasteiger partial charge in [-0.15, -0.1) is 0 Å². The molecule has 0 aliphatic rings. The highest BCUT2D eigenvalue weighted by Crippen LogP contribution is 2.34. The second-order valence-corrected chi connectivity index (χ2v) is 8.21. The van der Waals surface area contributed by atoms with E-state index in [2.05, 4.69) is 10.5 Å². The number of carbonyl (C=O) groups excluding carboxylic acids is 1. The number of nitrogens with zero attached hydrogens (tertiary/aromatic N) is 2. The van der Waals surface area contributed by atoms with Crippen LogP contribution in [0.2, 0.25) is 10.0 Å². The van der Waals surface area contributed by atoms with Crippen molar-refractivity contribution in [2.24, 2.45) is 5.10 Å². The fourth-order valence-electron chi connectivity index (χ4n) is 3.17. The van der Waals surface area contributed by atoms with Gasteiger partial charge in [-0.3, -0.25) is 14.9 Å². The van der Waals surface area contributed by atoms with Gasteiger partial charge in [-0.2, -0.15) is 5.10 Å². The van der Waals surface area contributed by atoms with Gasteiger partial charge in [0.15, 0.2) is 11.5 Å². The minimum atomic E-state index is -1.02. The number of nitro benzene ring substituents is 1. The second kappa shape index (κ2) is 10.5. The van der Waals surface area contributed by atoms with Crippen LogP contribution >= 0.6 is 23.2 Å². The number of hydrogen-bond acceptors (Lipinski definition) is 7. The van der Waals surface area contributed by atoms with E-state index in [0.717, 1.165) is 5.56 Å². The van der Waals surface area contributed by atoms with Crippen molar-refractivity contribution in [3.05, 3.63) is 103 Å². The third kappa shape index (κ3) is 5.62. The quantitative estimate of drug-likeness (QED) is 0.170. The third-order valence-corrected chi connectivity index (χ3v) is 5.48. The Balaban J connectivity index is 1.39. The van der Waals surface area contributed by atoms with Crippen molar-refractivity contribution in [2.75, 3.05) is 0 Å². The molecule has 0 saturated carbocycles. The summed E-state index contributed by atoms with van der Waals surface area (Å²) < 4.78 is 11.1. The molecule has 0 bridgehead atoms. The Morgan fingerprint density at radius 1 is 1.08 bits per heavy atom. The number of fused-ring (bicyclic) bond motifs is 1. The number of carboxylic acids is 1. The molecule has 36 heavy (non-hydrogen) atoms. The van der Waals surface area contributed by atoms with Crippen LogP contribution in [0.15, 0.2) is 70.2 Å². The summed E-state index contributed by atoms with van der Waals surface area (Å²) in [6.07, 6.45) is 1.32. The minimum Gasteiger partial charge on any atom is -0.486 e. The second-order valence-electron chi connectivity index (χ2n) is 7.39. The molecule has 2 N–H and O–H groups in total. The first kappa shape index (κ1) is 24.7. The molecule has 0 radical (unpaired) electrons. The zero-order chi connectivity index (χ0) is 25.8. The number of nitro groups is 1. The van der Waals surface area contributed by atoms with Crippen molar-refractivity contribution in [3.63, 3.8) is 0 Å². The summed E-state index contributed by atoms with van der Waals surface area (Å²) in [6, 6.07) is 14.6. The first-order chi connectivity index (χ1) is 17.2. The Morgan fingerprint density at radius 3 is 2.42 bits per heavy atom. The highest BCUT2D eigenvalue weighted by Gasteiger charge is 2.15. The maximum absolute atomic E-state index is 12.3. The Kier molecular flexibility index (Phi) is 7.18. The number of ether oxygens (including phenoxy) is 1. The van der Waals surface area contributed by atoms with Gasteiger partial charge in [-0.25, -0.2) is 10.2 Å². The highest BCUT2D eigenvalue weighted by atomic mass is 35.5. The summed E-state index contributed by atoms with van der Waals surface area (Å²) >= 11 is 12.6. The number of nitrogens with one attached hydrogen (secondary N) is 1. The molecule has 0 fully saturated rings. The van der Waals surface area contributed by atoms with Crippen molar-refractivity contribution in [3.8, 4) is 5.75 Å². The van der Waals surface area contributed by atoms with Crippen molar-refractivity contribution in [2.45, 2.75) is 6.61 Å². The first-order valence-corrected chi connectivity index (χ1v) is 10.9. The molecule has 4 rings (SSSR count). The number of halogens is 2. The van der Waals surface area contributed by atoms with Crippen molar-refractivity contribution in [1.82, 2.24) is 5.43 Å². The Bertz CT molecular complexity index is 1490. The van der Waals surface area contributed by atoms with Crippen LogP contribution in [0.3, 0.4) is 0 Å². The molecule has 0 unspecified atom stereocenters. The number of benzene rings is 3. The number of hydrazone groups is 1. The van der Waals surface area contributed by atoms with E-state index < -0.39 is 16.8 Å². The normalized spacial score (nSPS) is 11.1.